The quantitative estimate of drug-likeness (QED) is 0.773. The summed E-state index contributed by atoms with van der Waals surface area (Å²) in [5.41, 5.74) is 0.538. The maximum atomic E-state index is 12.3. The van der Waals surface area contributed by atoms with Gasteiger partial charge in [0.1, 0.15) is 4.75 Å². The third kappa shape index (κ3) is 1.48. The zero-order chi connectivity index (χ0) is 12.8. The molecule has 0 aromatic heterocycles. The Balaban J connectivity index is 2.83. The van der Waals surface area contributed by atoms with E-state index in [1.165, 1.54) is 26.0 Å². The average molecular weight is 255 g/mol. The zero-order valence-corrected chi connectivity index (χ0v) is 10.3. The van der Waals surface area contributed by atoms with Crippen LogP contribution in [0, 0.1) is 0 Å². The molecule has 0 saturated heterocycles. The fourth-order valence-electron chi connectivity index (χ4n) is 1.78. The van der Waals surface area contributed by atoms with Crippen LogP contribution in [0.15, 0.2) is 23.1 Å². The van der Waals surface area contributed by atoms with Gasteiger partial charge in [-0.05, 0) is 25.5 Å². The van der Waals surface area contributed by atoms with E-state index in [4.69, 9.17) is 0 Å². The average Bonchev–Trinajstić information content (AvgIpc) is 2.26. The van der Waals surface area contributed by atoms with Crippen molar-refractivity contribution in [3.05, 3.63) is 23.8 Å². The first-order valence-corrected chi connectivity index (χ1v) is 6.59. The van der Waals surface area contributed by atoms with E-state index < -0.39 is 20.5 Å². The highest BCUT2D eigenvalue weighted by molar-refractivity contribution is 7.94. The van der Waals surface area contributed by atoms with Gasteiger partial charge < -0.3 is 10.4 Å². The van der Waals surface area contributed by atoms with E-state index in [2.05, 4.69) is 5.32 Å². The second kappa shape index (κ2) is 3.54. The number of rotatable bonds is 1. The van der Waals surface area contributed by atoms with E-state index in [9.17, 15) is 18.3 Å². The molecule has 2 N–H and O–H groups in total. The van der Waals surface area contributed by atoms with E-state index >= 15 is 0 Å². The highest BCUT2D eigenvalue weighted by atomic mass is 32.2. The van der Waals surface area contributed by atoms with Crippen molar-refractivity contribution in [2.24, 2.45) is 0 Å². The van der Waals surface area contributed by atoms with Crippen LogP contribution in [0.1, 0.15) is 19.4 Å². The molecule has 0 radical (unpaired) electrons. The first-order valence-electron chi connectivity index (χ1n) is 5.11. The van der Waals surface area contributed by atoms with Gasteiger partial charge in [0.2, 0.25) is 5.91 Å². The minimum atomic E-state index is -3.78. The normalized spacial score (nSPS) is 20.5. The number of carbonyl (C=O) groups excluding carboxylic acids is 1. The third-order valence-corrected chi connectivity index (χ3v) is 5.55. The van der Waals surface area contributed by atoms with Gasteiger partial charge in [-0.25, -0.2) is 8.42 Å². The fourth-order valence-corrected chi connectivity index (χ4v) is 3.47. The molecule has 0 atom stereocenters. The van der Waals surface area contributed by atoms with Gasteiger partial charge >= 0.3 is 0 Å². The largest absolute Gasteiger partial charge is 0.392 e. The summed E-state index contributed by atoms with van der Waals surface area (Å²) in [7, 11) is -3.78. The Morgan fingerprint density at radius 3 is 2.59 bits per heavy atom. The molecule has 1 aromatic carbocycles. The number of sulfone groups is 1. The van der Waals surface area contributed by atoms with Gasteiger partial charge in [-0.2, -0.15) is 0 Å². The Morgan fingerprint density at radius 1 is 1.35 bits per heavy atom. The van der Waals surface area contributed by atoms with Crippen LogP contribution in [0.2, 0.25) is 0 Å². The molecule has 1 aromatic rings. The van der Waals surface area contributed by atoms with Crippen LogP contribution in [-0.4, -0.2) is 24.2 Å². The van der Waals surface area contributed by atoms with E-state index in [0.29, 0.717) is 5.56 Å². The van der Waals surface area contributed by atoms with Gasteiger partial charge in [-0.15, -0.1) is 0 Å². The minimum absolute atomic E-state index is 0.0205. The number of amides is 1. The van der Waals surface area contributed by atoms with Crippen LogP contribution < -0.4 is 5.32 Å². The number of hydrogen-bond acceptors (Lipinski definition) is 4. The summed E-state index contributed by atoms with van der Waals surface area (Å²) in [5, 5.41) is 11.7. The molecular weight excluding hydrogens is 242 g/mol. The Bertz CT molecular complexity index is 589. The Morgan fingerprint density at radius 2 is 2.00 bits per heavy atom. The topological polar surface area (TPSA) is 83.5 Å². The van der Waals surface area contributed by atoms with Crippen molar-refractivity contribution in [2.45, 2.75) is 30.1 Å². The van der Waals surface area contributed by atoms with Gasteiger partial charge in [0.25, 0.3) is 0 Å². The number of nitrogens with one attached hydrogen (secondary N) is 1. The highest BCUT2D eigenvalue weighted by Gasteiger charge is 2.48. The number of hydrogen-bond donors (Lipinski definition) is 2. The summed E-state index contributed by atoms with van der Waals surface area (Å²) in [5.74, 6) is -0.555. The molecule has 1 heterocycles. The van der Waals surface area contributed by atoms with Gasteiger partial charge in [0, 0.05) is 0 Å². The van der Waals surface area contributed by atoms with E-state index in [0.717, 1.165) is 0 Å². The Hall–Kier alpha value is -1.40. The number of aliphatic hydroxyl groups excluding tert-OH is 1. The summed E-state index contributed by atoms with van der Waals surface area (Å²) >= 11 is 0. The molecule has 5 nitrogen and oxygen atoms in total. The smallest absolute Gasteiger partial charge is 0.245 e. The molecular formula is C11H13NO4S. The molecule has 0 bridgehead atoms. The van der Waals surface area contributed by atoms with Gasteiger partial charge in [0.15, 0.2) is 9.84 Å². The summed E-state index contributed by atoms with van der Waals surface area (Å²) in [6.07, 6.45) is 0. The lowest BCUT2D eigenvalue weighted by atomic mass is 10.1. The van der Waals surface area contributed by atoms with Crippen LogP contribution in [0.3, 0.4) is 0 Å². The van der Waals surface area contributed by atoms with Crippen LogP contribution >= 0.6 is 0 Å². The third-order valence-electron chi connectivity index (χ3n) is 3.00. The molecule has 0 unspecified atom stereocenters. The Labute approximate surface area is 99.4 Å². The van der Waals surface area contributed by atoms with Gasteiger partial charge in [-0.1, -0.05) is 12.1 Å². The molecule has 1 aliphatic heterocycles. The van der Waals surface area contributed by atoms with Gasteiger partial charge in [0.05, 0.1) is 17.2 Å². The summed E-state index contributed by atoms with van der Waals surface area (Å²) in [6.45, 7) is 2.33. The van der Waals surface area contributed by atoms with Crippen LogP contribution in [0.25, 0.3) is 0 Å². The molecule has 0 spiro atoms. The molecule has 2 rings (SSSR count). The highest BCUT2D eigenvalue weighted by Crippen LogP contribution is 2.38. The molecule has 17 heavy (non-hydrogen) atoms. The molecule has 1 amide bonds. The van der Waals surface area contributed by atoms with Crippen molar-refractivity contribution < 1.29 is 18.3 Å². The van der Waals surface area contributed by atoms with Crippen LogP contribution in [-0.2, 0) is 21.2 Å². The van der Waals surface area contributed by atoms with Gasteiger partial charge in [-0.3, -0.25) is 4.79 Å². The standard InChI is InChI=1S/C11H13NO4S/c1-11(2)10(14)12-8-5-3-4-7(6-13)9(8)17(11,15)16/h3-5,13H,6H2,1-2H3,(H,12,14). The minimum Gasteiger partial charge on any atom is -0.392 e. The van der Waals surface area contributed by atoms with Crippen molar-refractivity contribution in [2.75, 3.05) is 5.32 Å². The maximum absolute atomic E-state index is 12.3. The summed E-state index contributed by atoms with van der Waals surface area (Å²) in [4.78, 5) is 11.8. The predicted octanol–water partition coefficient (Wildman–Crippen LogP) is 0.683. The number of fused-ring (bicyclic) bond motifs is 1. The van der Waals surface area contributed by atoms with Crippen molar-refractivity contribution >= 4 is 21.4 Å². The van der Waals surface area contributed by atoms with Crippen molar-refractivity contribution in [1.29, 1.82) is 0 Å². The number of aliphatic hydroxyl groups is 1. The lowest BCUT2D eigenvalue weighted by Crippen LogP contribution is -2.48. The first kappa shape index (κ1) is 12.1. The lowest BCUT2D eigenvalue weighted by Gasteiger charge is -2.31. The van der Waals surface area contributed by atoms with E-state index in [1.807, 2.05) is 0 Å². The first-order chi connectivity index (χ1) is 7.82. The van der Waals surface area contributed by atoms with Crippen LogP contribution in [0.5, 0.6) is 0 Å². The monoisotopic (exact) mass is 255 g/mol. The van der Waals surface area contributed by atoms with Crippen LogP contribution in [0.4, 0.5) is 5.69 Å². The maximum Gasteiger partial charge on any atom is 0.245 e. The summed E-state index contributed by atoms with van der Waals surface area (Å²) in [6, 6.07) is 4.64. The molecule has 0 saturated carbocycles. The molecule has 6 heteroatoms. The van der Waals surface area contributed by atoms with Crippen molar-refractivity contribution in [3.63, 3.8) is 0 Å². The number of carbonyl (C=O) groups is 1. The predicted molar refractivity (Wildman–Crippen MR) is 62.3 cm³/mol. The molecule has 1 aliphatic rings. The Kier molecular flexibility index (Phi) is 2.52. The van der Waals surface area contributed by atoms with Crippen molar-refractivity contribution in [3.8, 4) is 0 Å². The van der Waals surface area contributed by atoms with Crippen molar-refractivity contribution in [1.82, 2.24) is 0 Å². The molecule has 92 valence electrons. The van der Waals surface area contributed by atoms with E-state index in [1.54, 1.807) is 6.07 Å². The number of benzene rings is 1. The summed E-state index contributed by atoms with van der Waals surface area (Å²) < 4.78 is 23.2. The molecule has 0 aliphatic carbocycles. The van der Waals surface area contributed by atoms with E-state index in [-0.39, 0.29) is 17.2 Å². The lowest BCUT2D eigenvalue weighted by molar-refractivity contribution is -0.118. The molecule has 0 fully saturated rings. The second-order valence-corrected chi connectivity index (χ2v) is 6.86. The number of anilines is 1. The fraction of sp³-hybridized carbons (Fsp3) is 0.364. The zero-order valence-electron chi connectivity index (χ0n) is 9.52. The SMILES string of the molecule is CC1(C)C(=O)Nc2cccc(CO)c2S1(=O)=O. The second-order valence-electron chi connectivity index (χ2n) is 4.42.